The number of Topliss-reactive ketones (excluding diaryl/α,β-unsaturated/α-hetero) is 1. The Morgan fingerprint density at radius 1 is 0.983 bits per heavy atom. The molecule has 1 heterocycles. The highest BCUT2D eigenvalue weighted by Crippen LogP contribution is 2.64. The molecule has 3 fully saturated rings. The van der Waals surface area contributed by atoms with Crippen molar-refractivity contribution in [1.29, 1.82) is 0 Å². The second kappa shape index (κ2) is 16.2. The number of carbonyl (C=O) groups is 6. The van der Waals surface area contributed by atoms with Gasteiger partial charge in [-0.3, -0.25) is 14.4 Å². The number of benzene rings is 1. The second-order valence-electron chi connectivity index (χ2n) is 18.5. The molecule has 3 aliphatic carbocycles. The van der Waals surface area contributed by atoms with E-state index in [-0.39, 0.29) is 42.1 Å². The van der Waals surface area contributed by atoms with Crippen LogP contribution >= 0.6 is 0 Å². The van der Waals surface area contributed by atoms with Crippen molar-refractivity contribution in [2.24, 2.45) is 22.7 Å². The zero-order valence-electron chi connectivity index (χ0n) is 35.7. The number of aliphatic hydroxyl groups excluding tert-OH is 2. The maximum absolute atomic E-state index is 15.4. The smallest absolute Gasteiger partial charge is 0.407 e. The van der Waals surface area contributed by atoms with E-state index in [0.29, 0.717) is 0 Å². The number of ether oxygens (including phenoxy) is 6. The van der Waals surface area contributed by atoms with Gasteiger partial charge in [0.05, 0.1) is 35.6 Å². The summed E-state index contributed by atoms with van der Waals surface area (Å²) in [5.41, 5.74) is -8.45. The topological polar surface area (TPSA) is 231 Å². The Morgan fingerprint density at radius 2 is 1.61 bits per heavy atom. The average molecular weight is 830 g/mol. The van der Waals surface area contributed by atoms with E-state index >= 15 is 4.79 Å². The lowest BCUT2D eigenvalue weighted by Gasteiger charge is -2.67. The van der Waals surface area contributed by atoms with Gasteiger partial charge in [0.2, 0.25) is 0 Å². The molecule has 326 valence electrons. The summed E-state index contributed by atoms with van der Waals surface area (Å²) in [6.45, 7) is 16.6. The van der Waals surface area contributed by atoms with Crippen LogP contribution in [-0.4, -0.2) is 117 Å². The Labute approximate surface area is 344 Å². The Balaban J connectivity index is 1.72. The molecule has 0 spiro atoms. The number of alkyl carbamates (subject to hydrolysis) is 1. The maximum atomic E-state index is 15.4. The molecule has 1 aromatic carbocycles. The van der Waals surface area contributed by atoms with Crippen LogP contribution in [0.4, 0.5) is 4.79 Å². The van der Waals surface area contributed by atoms with Crippen LogP contribution in [0.3, 0.4) is 0 Å². The molecule has 16 nitrogen and oxygen atoms in total. The number of hydrogen-bond acceptors (Lipinski definition) is 15. The zero-order chi connectivity index (χ0) is 44.2. The van der Waals surface area contributed by atoms with Crippen molar-refractivity contribution in [3.63, 3.8) is 0 Å². The third-order valence-electron chi connectivity index (χ3n) is 12.5. The van der Waals surface area contributed by atoms with Crippen molar-refractivity contribution in [3.05, 3.63) is 47.0 Å². The number of aliphatic hydroxyl groups is 3. The summed E-state index contributed by atoms with van der Waals surface area (Å²) in [5.74, 6) is -6.31. The molecule has 0 radical (unpaired) electrons. The predicted molar refractivity (Wildman–Crippen MR) is 207 cm³/mol. The number of carbonyl (C=O) groups excluding carboxylic acids is 6. The highest BCUT2D eigenvalue weighted by molar-refractivity contribution is 5.95. The number of rotatable bonds is 10. The molecule has 4 N–H and O–H groups in total. The van der Waals surface area contributed by atoms with Gasteiger partial charge in [-0.15, -0.1) is 0 Å². The van der Waals surface area contributed by atoms with E-state index in [1.165, 1.54) is 26.0 Å². The van der Waals surface area contributed by atoms with Gasteiger partial charge < -0.3 is 49.1 Å². The van der Waals surface area contributed by atoms with Crippen LogP contribution < -0.4 is 5.32 Å². The fourth-order valence-corrected chi connectivity index (χ4v) is 9.63. The molecule has 1 aromatic rings. The van der Waals surface area contributed by atoms with E-state index in [4.69, 9.17) is 28.4 Å². The van der Waals surface area contributed by atoms with E-state index in [2.05, 4.69) is 5.32 Å². The molecule has 2 saturated carbocycles. The summed E-state index contributed by atoms with van der Waals surface area (Å²) < 4.78 is 35.5. The number of amides is 1. The van der Waals surface area contributed by atoms with E-state index in [0.717, 1.165) is 13.8 Å². The minimum Gasteiger partial charge on any atom is -0.456 e. The van der Waals surface area contributed by atoms with Crippen molar-refractivity contribution in [2.75, 3.05) is 6.61 Å². The highest BCUT2D eigenvalue weighted by Gasteiger charge is 2.78. The number of fused-ring (bicyclic) bond motifs is 5. The molecule has 59 heavy (non-hydrogen) atoms. The molecule has 5 rings (SSSR count). The first-order valence-electron chi connectivity index (χ1n) is 20.0. The van der Waals surface area contributed by atoms with Gasteiger partial charge in [0, 0.05) is 32.1 Å². The summed E-state index contributed by atoms with van der Waals surface area (Å²) in [6.07, 6.45) is -11.1. The minimum absolute atomic E-state index is 0.00510. The first-order valence-corrected chi connectivity index (χ1v) is 20.0. The van der Waals surface area contributed by atoms with Crippen LogP contribution in [0.5, 0.6) is 0 Å². The third kappa shape index (κ3) is 8.25. The van der Waals surface area contributed by atoms with E-state index in [1.807, 2.05) is 13.8 Å². The lowest BCUT2D eigenvalue weighted by atomic mass is 9.44. The molecule has 0 aromatic heterocycles. The number of hydrogen-bond donors (Lipinski definition) is 4. The van der Waals surface area contributed by atoms with Crippen LogP contribution in [0.25, 0.3) is 0 Å². The monoisotopic (exact) mass is 829 g/mol. The number of nitrogens with one attached hydrogen (secondary N) is 1. The highest BCUT2D eigenvalue weighted by atomic mass is 16.6. The summed E-state index contributed by atoms with van der Waals surface area (Å²) in [5, 5.41) is 39.6. The largest absolute Gasteiger partial charge is 0.456 e. The number of esters is 4. The van der Waals surface area contributed by atoms with Crippen molar-refractivity contribution >= 4 is 35.8 Å². The molecular weight excluding hydrogens is 770 g/mol. The molecule has 2 bridgehead atoms. The third-order valence-corrected chi connectivity index (χ3v) is 12.5. The number of ketones is 1. The quantitative estimate of drug-likeness (QED) is 0.150. The minimum atomic E-state index is -2.37. The van der Waals surface area contributed by atoms with Crippen molar-refractivity contribution < 1.29 is 72.5 Å². The van der Waals surface area contributed by atoms with E-state index < -0.39 is 118 Å². The molecule has 4 aliphatic rings. The Kier molecular flexibility index (Phi) is 12.6. The molecule has 16 heteroatoms. The van der Waals surface area contributed by atoms with Crippen molar-refractivity contribution in [3.8, 4) is 0 Å². The van der Waals surface area contributed by atoms with Crippen LogP contribution in [0.15, 0.2) is 41.5 Å². The molecular formula is C43H59NO15. The van der Waals surface area contributed by atoms with Gasteiger partial charge in [-0.1, -0.05) is 45.9 Å². The SMILES string of the molecule is CC(=O)OC1C(=O)C2(C)C(O)CC3OC[C@@]3(OC(C)=O)C2[C@H](OC(=O)c2ccccc2)C2(O)C[C@H](OC(=O)C(O)[C@H](CC(C)C)NC(=O)OC(C)(C)C)C(C)=C1C2(C)C. The van der Waals surface area contributed by atoms with Gasteiger partial charge in [-0.05, 0) is 70.2 Å². The Bertz CT molecular complexity index is 1870. The van der Waals surface area contributed by atoms with Gasteiger partial charge in [-0.2, -0.15) is 0 Å². The van der Waals surface area contributed by atoms with E-state index in [9.17, 15) is 39.3 Å². The second-order valence-corrected chi connectivity index (χ2v) is 18.5. The zero-order valence-corrected chi connectivity index (χ0v) is 35.7. The molecule has 1 amide bonds. The van der Waals surface area contributed by atoms with Crippen LogP contribution in [0, 0.1) is 22.7 Å². The fraction of sp³-hybridized carbons (Fsp3) is 0.674. The Hall–Kier alpha value is -4.38. The summed E-state index contributed by atoms with van der Waals surface area (Å²) >= 11 is 0. The van der Waals surface area contributed by atoms with Gasteiger partial charge in [0.1, 0.15) is 29.5 Å². The predicted octanol–water partition coefficient (Wildman–Crippen LogP) is 3.50. The van der Waals surface area contributed by atoms with Crippen molar-refractivity contribution in [1.82, 2.24) is 5.32 Å². The van der Waals surface area contributed by atoms with Gasteiger partial charge in [0.15, 0.2) is 23.6 Å². The van der Waals surface area contributed by atoms with Gasteiger partial charge in [-0.25, -0.2) is 14.4 Å². The summed E-state index contributed by atoms with van der Waals surface area (Å²) in [7, 11) is 0. The first-order chi connectivity index (χ1) is 27.2. The first kappa shape index (κ1) is 45.7. The fourth-order valence-electron chi connectivity index (χ4n) is 9.63. The molecule has 11 atom stereocenters. The van der Waals surface area contributed by atoms with Crippen LogP contribution in [0.2, 0.25) is 0 Å². The maximum Gasteiger partial charge on any atom is 0.407 e. The summed E-state index contributed by atoms with van der Waals surface area (Å²) in [6, 6.07) is 6.66. The van der Waals surface area contributed by atoms with Gasteiger partial charge >= 0.3 is 30.0 Å². The van der Waals surface area contributed by atoms with Gasteiger partial charge in [0.25, 0.3) is 0 Å². The standard InChI is InChI=1S/C43H59NO15/c1-21(2)17-26(44-38(52)59-39(6,7)8)31(48)37(51)56-27-19-43(53)35(57-36(50)25-15-13-12-14-16-25)33-41(11,28(47)18-29-42(33,20-54-29)58-24(5)46)34(49)32(55-23(4)45)30(22(27)3)40(43,9)10/h12-16,21,26-29,31-33,35,47-48,53H,17-20H2,1-11H3,(H,44,52)/t26-,27-,28?,29?,31?,32?,33?,35-,41?,42-,43?/m0/s1. The normalized spacial score (nSPS) is 33.4. The average Bonchev–Trinajstić information content (AvgIpc) is 3.11. The molecule has 7 unspecified atom stereocenters. The summed E-state index contributed by atoms with van der Waals surface area (Å²) in [4.78, 5) is 82.3. The van der Waals surface area contributed by atoms with Crippen LogP contribution in [-0.2, 0) is 47.6 Å². The Morgan fingerprint density at radius 3 is 2.14 bits per heavy atom. The lowest BCUT2D eigenvalue weighted by molar-refractivity contribution is -0.346. The lowest BCUT2D eigenvalue weighted by Crippen LogP contribution is -2.82. The van der Waals surface area contributed by atoms with Crippen molar-refractivity contribution in [2.45, 2.75) is 155 Å². The molecule has 1 aliphatic heterocycles. The van der Waals surface area contributed by atoms with Crippen LogP contribution in [0.1, 0.15) is 106 Å². The molecule has 1 saturated heterocycles. The van der Waals surface area contributed by atoms with E-state index in [1.54, 1.807) is 52.8 Å².